The van der Waals surface area contributed by atoms with Crippen LogP contribution < -0.4 is 5.73 Å². The number of azo groups is 1. The Balaban J connectivity index is 2.28. The van der Waals surface area contributed by atoms with E-state index in [9.17, 15) is 0 Å². The number of hydrogen-bond donors (Lipinski definition) is 1. The van der Waals surface area contributed by atoms with E-state index < -0.39 is 0 Å². The van der Waals surface area contributed by atoms with Crippen LogP contribution in [0.3, 0.4) is 0 Å². The third-order valence-corrected chi connectivity index (χ3v) is 2.89. The zero-order valence-electron chi connectivity index (χ0n) is 10.9. The van der Waals surface area contributed by atoms with Gasteiger partial charge in [-0.1, -0.05) is 17.7 Å². The van der Waals surface area contributed by atoms with Gasteiger partial charge in [-0.05, 0) is 56.2 Å². The van der Waals surface area contributed by atoms with Crippen LogP contribution in [0.4, 0.5) is 17.1 Å². The summed E-state index contributed by atoms with van der Waals surface area (Å²) in [6, 6.07) is 11.8. The predicted octanol–water partition coefficient (Wildman–Crippen LogP) is 4.61. The second kappa shape index (κ2) is 5.00. The molecule has 0 aromatic heterocycles. The summed E-state index contributed by atoms with van der Waals surface area (Å²) in [5.74, 6) is 0. The summed E-state index contributed by atoms with van der Waals surface area (Å²) in [7, 11) is 0. The number of rotatable bonds is 2. The van der Waals surface area contributed by atoms with E-state index in [4.69, 9.17) is 5.73 Å². The maximum absolute atomic E-state index is 5.84. The summed E-state index contributed by atoms with van der Waals surface area (Å²) in [4.78, 5) is 0. The van der Waals surface area contributed by atoms with Crippen LogP contribution in [0.2, 0.25) is 0 Å². The van der Waals surface area contributed by atoms with Crippen LogP contribution in [-0.4, -0.2) is 0 Å². The first-order valence-corrected chi connectivity index (χ1v) is 5.91. The molecule has 2 aromatic carbocycles. The fraction of sp³-hybridized carbons (Fsp3) is 0.200. The fourth-order valence-electron chi connectivity index (χ4n) is 1.65. The first kappa shape index (κ1) is 12.3. The molecule has 0 saturated carbocycles. The second-order valence-corrected chi connectivity index (χ2v) is 4.53. The zero-order chi connectivity index (χ0) is 13.1. The first-order valence-electron chi connectivity index (χ1n) is 5.91. The molecule has 0 atom stereocenters. The number of aryl methyl sites for hydroxylation is 3. The molecule has 92 valence electrons. The maximum Gasteiger partial charge on any atom is 0.0890 e. The largest absolute Gasteiger partial charge is 0.399 e. The lowest BCUT2D eigenvalue weighted by Crippen LogP contribution is -1.89. The summed E-state index contributed by atoms with van der Waals surface area (Å²) in [6.07, 6.45) is 0. The standard InChI is InChI=1S/C15H17N3/c1-10-4-6-13(7-5-10)17-18-15-9-11(2)14(16)8-12(15)3/h4-9H,16H2,1-3H3. The van der Waals surface area contributed by atoms with Gasteiger partial charge < -0.3 is 5.73 Å². The van der Waals surface area contributed by atoms with Gasteiger partial charge in [0.1, 0.15) is 0 Å². The highest BCUT2D eigenvalue weighted by molar-refractivity contribution is 5.59. The van der Waals surface area contributed by atoms with E-state index >= 15 is 0 Å². The van der Waals surface area contributed by atoms with Crippen molar-refractivity contribution < 1.29 is 0 Å². The normalized spacial score (nSPS) is 11.1. The first-order chi connectivity index (χ1) is 8.56. The van der Waals surface area contributed by atoms with Gasteiger partial charge in [-0.3, -0.25) is 0 Å². The molecule has 3 nitrogen and oxygen atoms in total. The second-order valence-electron chi connectivity index (χ2n) is 4.53. The van der Waals surface area contributed by atoms with Crippen molar-refractivity contribution in [3.63, 3.8) is 0 Å². The highest BCUT2D eigenvalue weighted by Crippen LogP contribution is 2.26. The van der Waals surface area contributed by atoms with Crippen molar-refractivity contribution in [2.75, 3.05) is 5.73 Å². The Morgan fingerprint density at radius 2 is 1.50 bits per heavy atom. The molecule has 3 heteroatoms. The van der Waals surface area contributed by atoms with Crippen LogP contribution in [-0.2, 0) is 0 Å². The Kier molecular flexibility index (Phi) is 3.42. The van der Waals surface area contributed by atoms with Crippen LogP contribution in [0.25, 0.3) is 0 Å². The number of nitrogens with zero attached hydrogens (tertiary/aromatic N) is 2. The van der Waals surface area contributed by atoms with E-state index in [0.29, 0.717) is 0 Å². The third-order valence-electron chi connectivity index (χ3n) is 2.89. The molecule has 0 bridgehead atoms. The maximum atomic E-state index is 5.84. The van der Waals surface area contributed by atoms with Gasteiger partial charge in [-0.2, -0.15) is 10.2 Å². The molecule has 0 aliphatic carbocycles. The Labute approximate surface area is 107 Å². The van der Waals surface area contributed by atoms with Gasteiger partial charge >= 0.3 is 0 Å². The molecule has 0 unspecified atom stereocenters. The average Bonchev–Trinajstić information content (AvgIpc) is 2.34. The van der Waals surface area contributed by atoms with Gasteiger partial charge in [-0.25, -0.2) is 0 Å². The SMILES string of the molecule is Cc1ccc(N=Nc2cc(C)c(N)cc2C)cc1. The lowest BCUT2D eigenvalue weighted by molar-refractivity contribution is 1.20. The highest BCUT2D eigenvalue weighted by atomic mass is 15.1. The Morgan fingerprint density at radius 3 is 2.17 bits per heavy atom. The van der Waals surface area contributed by atoms with Crippen molar-refractivity contribution in [3.8, 4) is 0 Å². The molecule has 0 aliphatic rings. The van der Waals surface area contributed by atoms with Gasteiger partial charge in [0.05, 0.1) is 11.4 Å². The van der Waals surface area contributed by atoms with Crippen LogP contribution in [0.5, 0.6) is 0 Å². The molecule has 0 amide bonds. The van der Waals surface area contributed by atoms with Crippen LogP contribution in [0.1, 0.15) is 16.7 Å². The van der Waals surface area contributed by atoms with E-state index in [0.717, 1.165) is 28.2 Å². The van der Waals surface area contributed by atoms with Crippen LogP contribution >= 0.6 is 0 Å². The van der Waals surface area contributed by atoms with Gasteiger partial charge in [0.2, 0.25) is 0 Å². The summed E-state index contributed by atoms with van der Waals surface area (Å²) in [5.41, 5.74) is 11.6. The minimum atomic E-state index is 0.793. The van der Waals surface area contributed by atoms with Crippen molar-refractivity contribution in [2.24, 2.45) is 10.2 Å². The van der Waals surface area contributed by atoms with Crippen LogP contribution in [0.15, 0.2) is 46.6 Å². The quantitative estimate of drug-likeness (QED) is 0.603. The van der Waals surface area contributed by atoms with Gasteiger partial charge in [0.25, 0.3) is 0 Å². The summed E-state index contributed by atoms with van der Waals surface area (Å²) < 4.78 is 0. The predicted molar refractivity (Wildman–Crippen MR) is 75.7 cm³/mol. The third kappa shape index (κ3) is 2.74. The van der Waals surface area contributed by atoms with Crippen molar-refractivity contribution in [1.29, 1.82) is 0 Å². The van der Waals surface area contributed by atoms with E-state index in [1.807, 2.05) is 50.2 Å². The molecule has 18 heavy (non-hydrogen) atoms. The van der Waals surface area contributed by atoms with E-state index in [1.54, 1.807) is 0 Å². The number of nitrogen functional groups attached to an aromatic ring is 1. The molecule has 0 radical (unpaired) electrons. The highest BCUT2D eigenvalue weighted by Gasteiger charge is 2.01. The molecule has 0 fully saturated rings. The Morgan fingerprint density at radius 1 is 0.833 bits per heavy atom. The smallest absolute Gasteiger partial charge is 0.0890 e. The zero-order valence-corrected chi connectivity index (χ0v) is 10.9. The topological polar surface area (TPSA) is 50.7 Å². The minimum Gasteiger partial charge on any atom is -0.399 e. The lowest BCUT2D eigenvalue weighted by atomic mass is 10.1. The number of nitrogens with two attached hydrogens (primary N) is 1. The minimum absolute atomic E-state index is 0.793. The van der Waals surface area contributed by atoms with Gasteiger partial charge in [0.15, 0.2) is 0 Å². The average molecular weight is 239 g/mol. The Bertz CT molecular complexity index is 583. The van der Waals surface area contributed by atoms with Crippen molar-refractivity contribution in [3.05, 3.63) is 53.1 Å². The van der Waals surface area contributed by atoms with E-state index in [2.05, 4.69) is 17.2 Å². The molecule has 2 N–H and O–H groups in total. The fourth-order valence-corrected chi connectivity index (χ4v) is 1.65. The van der Waals surface area contributed by atoms with E-state index in [-0.39, 0.29) is 0 Å². The molecular weight excluding hydrogens is 222 g/mol. The summed E-state index contributed by atoms with van der Waals surface area (Å²) in [5, 5.41) is 8.51. The van der Waals surface area contributed by atoms with Crippen molar-refractivity contribution >= 4 is 17.1 Å². The Hall–Kier alpha value is -2.16. The number of benzene rings is 2. The molecule has 0 heterocycles. The molecule has 0 saturated heterocycles. The molecule has 0 aliphatic heterocycles. The lowest BCUT2D eigenvalue weighted by Gasteiger charge is -2.04. The molecular formula is C15H17N3. The number of anilines is 1. The van der Waals surface area contributed by atoms with Crippen molar-refractivity contribution in [2.45, 2.75) is 20.8 Å². The summed E-state index contributed by atoms with van der Waals surface area (Å²) in [6.45, 7) is 6.01. The molecule has 2 rings (SSSR count). The van der Waals surface area contributed by atoms with Gasteiger partial charge in [-0.15, -0.1) is 0 Å². The monoisotopic (exact) mass is 239 g/mol. The summed E-state index contributed by atoms with van der Waals surface area (Å²) >= 11 is 0. The molecule has 0 spiro atoms. The van der Waals surface area contributed by atoms with E-state index in [1.165, 1.54) is 5.56 Å². The molecule has 2 aromatic rings. The van der Waals surface area contributed by atoms with Crippen molar-refractivity contribution in [1.82, 2.24) is 0 Å². The van der Waals surface area contributed by atoms with Crippen LogP contribution in [0, 0.1) is 20.8 Å². The number of hydrogen-bond acceptors (Lipinski definition) is 3. The van der Waals surface area contributed by atoms with Gasteiger partial charge in [0, 0.05) is 5.69 Å².